The average molecular weight is 339 g/mol. The van der Waals surface area contributed by atoms with E-state index < -0.39 is 32.6 Å². The molecule has 1 unspecified atom stereocenters. The number of nitrogens with zero attached hydrogens (tertiary/aromatic N) is 1. The largest absolute Gasteiger partial charge is 0.249 e. The van der Waals surface area contributed by atoms with E-state index in [1.165, 1.54) is 7.05 Å². The van der Waals surface area contributed by atoms with Crippen LogP contribution >= 0.6 is 0 Å². The zero-order valence-electron chi connectivity index (χ0n) is 13.2. The molecule has 0 aliphatic heterocycles. The maximum absolute atomic E-state index is 13.9. The Morgan fingerprint density at radius 2 is 1.43 bits per heavy atom. The van der Waals surface area contributed by atoms with Crippen molar-refractivity contribution in [2.45, 2.75) is 24.8 Å². The van der Waals surface area contributed by atoms with Crippen LogP contribution in [0.15, 0.2) is 53.4 Å². The predicted octanol–water partition coefficient (Wildman–Crippen LogP) is 3.98. The quantitative estimate of drug-likeness (QED) is 0.826. The minimum atomic E-state index is -4.31. The summed E-state index contributed by atoms with van der Waals surface area (Å²) >= 11 is 0. The van der Waals surface area contributed by atoms with Gasteiger partial charge in [-0.3, -0.25) is 0 Å². The number of benzene rings is 2. The molecule has 3 nitrogen and oxygen atoms in total. The van der Waals surface area contributed by atoms with Crippen LogP contribution < -0.4 is 0 Å². The average Bonchev–Trinajstić information content (AvgIpc) is 2.47. The fourth-order valence-corrected chi connectivity index (χ4v) is 4.27. The lowest BCUT2D eigenvalue weighted by atomic mass is 9.96. The summed E-state index contributed by atoms with van der Waals surface area (Å²) in [6.45, 7) is 3.72. The highest BCUT2D eigenvalue weighted by Crippen LogP contribution is 2.33. The zero-order valence-corrected chi connectivity index (χ0v) is 14.0. The Kier molecular flexibility index (Phi) is 5.16. The Balaban J connectivity index is 2.54. The topological polar surface area (TPSA) is 37.4 Å². The van der Waals surface area contributed by atoms with Crippen molar-refractivity contribution < 1.29 is 17.2 Å². The molecule has 0 saturated carbocycles. The van der Waals surface area contributed by atoms with Gasteiger partial charge in [-0.15, -0.1) is 0 Å². The molecule has 2 rings (SSSR count). The monoisotopic (exact) mass is 339 g/mol. The van der Waals surface area contributed by atoms with Gasteiger partial charge in [0.25, 0.3) is 0 Å². The molecule has 0 heterocycles. The van der Waals surface area contributed by atoms with Crippen molar-refractivity contribution in [2.24, 2.45) is 5.92 Å². The Morgan fingerprint density at radius 1 is 0.913 bits per heavy atom. The van der Waals surface area contributed by atoms with Gasteiger partial charge in [-0.1, -0.05) is 50.2 Å². The van der Waals surface area contributed by atoms with E-state index in [2.05, 4.69) is 0 Å². The third-order valence-electron chi connectivity index (χ3n) is 3.72. The lowest BCUT2D eigenvalue weighted by Gasteiger charge is -2.31. The third-order valence-corrected chi connectivity index (χ3v) is 5.61. The summed E-state index contributed by atoms with van der Waals surface area (Å²) in [6, 6.07) is 11.5. The standard InChI is InChI=1S/C17H19F2NO2S/c1-12(2)16(13-8-5-4-6-9-13)20(3)23(21,22)17-14(18)10-7-11-15(17)19/h4-12,16H,1-3H3. The maximum atomic E-state index is 13.9. The van der Waals surface area contributed by atoms with Crippen LogP contribution in [0.5, 0.6) is 0 Å². The molecule has 0 saturated heterocycles. The number of hydrogen-bond donors (Lipinski definition) is 0. The highest BCUT2D eigenvalue weighted by Gasteiger charge is 2.34. The van der Waals surface area contributed by atoms with Gasteiger partial charge in [0.1, 0.15) is 11.6 Å². The second-order valence-corrected chi connectivity index (χ2v) is 7.61. The van der Waals surface area contributed by atoms with Gasteiger partial charge >= 0.3 is 0 Å². The van der Waals surface area contributed by atoms with E-state index in [0.29, 0.717) is 0 Å². The van der Waals surface area contributed by atoms with E-state index >= 15 is 0 Å². The Hall–Kier alpha value is -1.79. The van der Waals surface area contributed by atoms with Gasteiger partial charge in [0.2, 0.25) is 10.0 Å². The molecule has 0 aromatic heterocycles. The van der Waals surface area contributed by atoms with E-state index in [4.69, 9.17) is 0 Å². The summed E-state index contributed by atoms with van der Waals surface area (Å²) in [6.07, 6.45) is 0. The van der Waals surface area contributed by atoms with E-state index in [9.17, 15) is 17.2 Å². The molecule has 0 N–H and O–H groups in total. The molecule has 2 aromatic rings. The summed E-state index contributed by atoms with van der Waals surface area (Å²) in [5.41, 5.74) is 0.769. The lowest BCUT2D eigenvalue weighted by molar-refractivity contribution is 0.298. The van der Waals surface area contributed by atoms with Crippen LogP contribution in [0.3, 0.4) is 0 Å². The van der Waals surface area contributed by atoms with Gasteiger partial charge in [0, 0.05) is 7.05 Å². The van der Waals surface area contributed by atoms with E-state index in [-0.39, 0.29) is 5.92 Å². The van der Waals surface area contributed by atoms with Gasteiger partial charge in [-0.25, -0.2) is 17.2 Å². The predicted molar refractivity (Wildman–Crippen MR) is 85.3 cm³/mol. The van der Waals surface area contributed by atoms with Crippen molar-refractivity contribution in [1.82, 2.24) is 4.31 Å². The Morgan fingerprint density at radius 3 is 1.91 bits per heavy atom. The molecule has 124 valence electrons. The van der Waals surface area contributed by atoms with Crippen molar-refractivity contribution in [3.63, 3.8) is 0 Å². The highest BCUT2D eigenvalue weighted by atomic mass is 32.2. The summed E-state index contributed by atoms with van der Waals surface area (Å²) in [7, 11) is -2.96. The van der Waals surface area contributed by atoms with Gasteiger partial charge in [0.15, 0.2) is 4.90 Å². The lowest BCUT2D eigenvalue weighted by Crippen LogP contribution is -2.35. The van der Waals surface area contributed by atoms with E-state index in [1.54, 1.807) is 24.3 Å². The molecule has 2 aromatic carbocycles. The third kappa shape index (κ3) is 3.43. The Bertz CT molecular complexity index is 756. The second kappa shape index (κ2) is 6.76. The van der Waals surface area contributed by atoms with Gasteiger partial charge in [0.05, 0.1) is 6.04 Å². The van der Waals surface area contributed by atoms with Crippen molar-refractivity contribution in [1.29, 1.82) is 0 Å². The second-order valence-electron chi connectivity index (χ2n) is 5.67. The van der Waals surface area contributed by atoms with Crippen LogP contribution in [0.2, 0.25) is 0 Å². The van der Waals surface area contributed by atoms with Crippen LogP contribution in [0.25, 0.3) is 0 Å². The Labute approximate surface area is 135 Å². The minimum Gasteiger partial charge on any atom is -0.207 e. The van der Waals surface area contributed by atoms with Gasteiger partial charge in [-0.05, 0) is 23.6 Å². The summed E-state index contributed by atoms with van der Waals surface area (Å²) < 4.78 is 54.4. The maximum Gasteiger partial charge on any atom is 0.249 e. The fraction of sp³-hybridized carbons (Fsp3) is 0.294. The molecule has 6 heteroatoms. The molecule has 0 amide bonds. The zero-order chi connectivity index (χ0) is 17.2. The smallest absolute Gasteiger partial charge is 0.207 e. The van der Waals surface area contributed by atoms with Crippen molar-refractivity contribution >= 4 is 10.0 Å². The van der Waals surface area contributed by atoms with Crippen molar-refractivity contribution in [3.8, 4) is 0 Å². The van der Waals surface area contributed by atoms with Crippen molar-refractivity contribution in [2.75, 3.05) is 7.05 Å². The molecule has 1 atom stereocenters. The van der Waals surface area contributed by atoms with Crippen molar-refractivity contribution in [3.05, 3.63) is 65.7 Å². The number of sulfonamides is 1. The number of hydrogen-bond acceptors (Lipinski definition) is 2. The highest BCUT2D eigenvalue weighted by molar-refractivity contribution is 7.89. The fourth-order valence-electron chi connectivity index (χ4n) is 2.69. The molecular weight excluding hydrogens is 320 g/mol. The SMILES string of the molecule is CC(C)C(c1ccccc1)N(C)S(=O)(=O)c1c(F)cccc1F. The van der Waals surface area contributed by atoms with Crippen LogP contribution in [0, 0.1) is 17.6 Å². The summed E-state index contributed by atoms with van der Waals surface area (Å²) in [4.78, 5) is -0.913. The normalized spacial score (nSPS) is 13.5. The molecule has 0 fully saturated rings. The van der Waals surface area contributed by atoms with Crippen LogP contribution in [0.1, 0.15) is 25.5 Å². The minimum absolute atomic E-state index is 0.0768. The van der Waals surface area contributed by atoms with Gasteiger partial charge in [-0.2, -0.15) is 4.31 Å². The first-order chi connectivity index (χ1) is 10.8. The molecule has 0 radical (unpaired) electrons. The molecule has 0 aliphatic rings. The van der Waals surface area contributed by atoms with Crippen LogP contribution in [-0.4, -0.2) is 19.8 Å². The molecular formula is C17H19F2NO2S. The summed E-state index contributed by atoms with van der Waals surface area (Å²) in [5.74, 6) is -2.26. The first kappa shape index (κ1) is 17.6. The molecule has 23 heavy (non-hydrogen) atoms. The summed E-state index contributed by atoms with van der Waals surface area (Å²) in [5, 5.41) is 0. The van der Waals surface area contributed by atoms with Crippen LogP contribution in [0.4, 0.5) is 8.78 Å². The molecule has 0 spiro atoms. The number of halogens is 2. The first-order valence-corrected chi connectivity index (χ1v) is 8.67. The first-order valence-electron chi connectivity index (χ1n) is 7.23. The number of rotatable bonds is 5. The van der Waals surface area contributed by atoms with Crippen LogP contribution in [-0.2, 0) is 10.0 Å². The van der Waals surface area contributed by atoms with E-state index in [0.717, 1.165) is 28.1 Å². The van der Waals surface area contributed by atoms with E-state index in [1.807, 2.05) is 19.9 Å². The molecule has 0 bridgehead atoms. The molecule has 0 aliphatic carbocycles. The van der Waals surface area contributed by atoms with Gasteiger partial charge < -0.3 is 0 Å².